The average molecular weight is 510 g/mol. The van der Waals surface area contributed by atoms with E-state index in [4.69, 9.17) is 4.74 Å². The third-order valence-electron chi connectivity index (χ3n) is 5.32. The molecular formula is C23H18F4N2O5S. The number of alkyl halides is 3. The normalized spacial score (nSPS) is 12.3. The molecule has 0 amide bonds. The van der Waals surface area contributed by atoms with Crippen LogP contribution in [0.25, 0.3) is 16.6 Å². The Hall–Kier alpha value is -3.67. The summed E-state index contributed by atoms with van der Waals surface area (Å²) in [4.78, 5) is 12.7. The number of aromatic nitrogens is 2. The third-order valence-corrected chi connectivity index (χ3v) is 6.97. The van der Waals surface area contributed by atoms with Gasteiger partial charge in [0.25, 0.3) is 5.56 Å². The van der Waals surface area contributed by atoms with Gasteiger partial charge < -0.3 is 9.26 Å². The van der Waals surface area contributed by atoms with E-state index in [9.17, 15) is 30.8 Å². The van der Waals surface area contributed by atoms with Crippen molar-refractivity contribution >= 4 is 20.7 Å². The number of sulfone groups is 1. The van der Waals surface area contributed by atoms with Gasteiger partial charge in [-0.1, -0.05) is 5.16 Å². The molecule has 0 radical (unpaired) electrons. The SMILES string of the molecule is COc1cc(CCC(F)(F)F)c(F)cc1-n1c(=O)ccc2cc(S(=O)(=O)Cc3ccon3)ccc21. The molecule has 4 rings (SSSR count). The summed E-state index contributed by atoms with van der Waals surface area (Å²) in [6.45, 7) is 0. The van der Waals surface area contributed by atoms with Crippen molar-refractivity contribution in [2.45, 2.75) is 29.7 Å². The molecule has 0 bridgehead atoms. The molecule has 2 heterocycles. The summed E-state index contributed by atoms with van der Waals surface area (Å²) >= 11 is 0. The van der Waals surface area contributed by atoms with Crippen LogP contribution in [0.1, 0.15) is 17.7 Å². The lowest BCUT2D eigenvalue weighted by Crippen LogP contribution is -2.19. The highest BCUT2D eigenvalue weighted by molar-refractivity contribution is 7.90. The second-order valence-electron chi connectivity index (χ2n) is 7.71. The van der Waals surface area contributed by atoms with Gasteiger partial charge in [0.05, 0.1) is 28.9 Å². The number of ether oxygens (including phenoxy) is 1. The third kappa shape index (κ3) is 5.21. The summed E-state index contributed by atoms with van der Waals surface area (Å²) in [5, 5.41) is 3.96. The molecule has 0 aliphatic carbocycles. The monoisotopic (exact) mass is 510 g/mol. The predicted octanol–water partition coefficient (Wildman–Crippen LogP) is 4.60. The molecule has 0 spiro atoms. The molecule has 2 aromatic heterocycles. The predicted molar refractivity (Wildman–Crippen MR) is 118 cm³/mol. The smallest absolute Gasteiger partial charge is 0.389 e. The highest BCUT2D eigenvalue weighted by Gasteiger charge is 2.28. The number of fused-ring (bicyclic) bond motifs is 1. The number of methoxy groups -OCH3 is 1. The minimum absolute atomic E-state index is 0.0131. The molecule has 0 atom stereocenters. The number of hydrogen-bond acceptors (Lipinski definition) is 6. The molecule has 0 unspecified atom stereocenters. The maximum atomic E-state index is 14.7. The zero-order valence-corrected chi connectivity index (χ0v) is 19.0. The van der Waals surface area contributed by atoms with E-state index in [1.54, 1.807) is 0 Å². The van der Waals surface area contributed by atoms with Crippen LogP contribution in [0, 0.1) is 5.82 Å². The molecule has 184 valence electrons. The van der Waals surface area contributed by atoms with Gasteiger partial charge in [-0.2, -0.15) is 13.2 Å². The Labute approximate surface area is 196 Å². The number of hydrogen-bond donors (Lipinski definition) is 0. The van der Waals surface area contributed by atoms with Gasteiger partial charge in [-0.25, -0.2) is 12.8 Å². The maximum Gasteiger partial charge on any atom is 0.389 e. The van der Waals surface area contributed by atoms with Crippen LogP contribution in [0.15, 0.2) is 69.0 Å². The van der Waals surface area contributed by atoms with Crippen molar-refractivity contribution in [3.05, 3.63) is 82.2 Å². The summed E-state index contributed by atoms with van der Waals surface area (Å²) in [6.07, 6.45) is -5.02. The minimum Gasteiger partial charge on any atom is -0.495 e. The molecule has 0 aliphatic heterocycles. The van der Waals surface area contributed by atoms with Crippen LogP contribution in [0.4, 0.5) is 17.6 Å². The van der Waals surface area contributed by atoms with E-state index < -0.39 is 46.0 Å². The molecule has 7 nitrogen and oxygen atoms in total. The lowest BCUT2D eigenvalue weighted by molar-refractivity contribution is -0.134. The maximum absolute atomic E-state index is 14.7. The standard InChI is InChI=1S/C23H18F4N2O5S/c1-33-21-11-14(6-8-23(25,26)27)18(24)12-20(21)29-19-4-3-17(10-15(19)2-5-22(29)30)35(31,32)13-16-7-9-34-28-16/h2-5,7,9-12H,6,8,13H2,1H3. The number of nitrogens with zero attached hydrogens (tertiary/aromatic N) is 2. The lowest BCUT2D eigenvalue weighted by atomic mass is 10.1. The zero-order valence-electron chi connectivity index (χ0n) is 18.2. The van der Waals surface area contributed by atoms with Crippen LogP contribution in [0.2, 0.25) is 0 Å². The first kappa shape index (κ1) is 24.5. The van der Waals surface area contributed by atoms with E-state index in [1.807, 2.05) is 0 Å². The summed E-state index contributed by atoms with van der Waals surface area (Å²) in [6, 6.07) is 10.1. The van der Waals surface area contributed by atoms with Crippen LogP contribution in [-0.4, -0.2) is 31.4 Å². The molecule has 2 aromatic carbocycles. The van der Waals surface area contributed by atoms with E-state index in [0.717, 1.165) is 16.7 Å². The average Bonchev–Trinajstić information content (AvgIpc) is 3.29. The van der Waals surface area contributed by atoms with Crippen LogP contribution in [0.3, 0.4) is 0 Å². The Balaban J connectivity index is 1.80. The number of benzene rings is 2. The first-order valence-corrected chi connectivity index (χ1v) is 11.8. The molecule has 35 heavy (non-hydrogen) atoms. The fraction of sp³-hybridized carbons (Fsp3) is 0.217. The highest BCUT2D eigenvalue weighted by Crippen LogP contribution is 2.31. The lowest BCUT2D eigenvalue weighted by Gasteiger charge is -2.16. The summed E-state index contributed by atoms with van der Waals surface area (Å²) in [5.74, 6) is -1.34. The Kier molecular flexibility index (Phi) is 6.41. The topological polar surface area (TPSA) is 91.4 Å². The van der Waals surface area contributed by atoms with E-state index in [-0.39, 0.29) is 33.1 Å². The molecule has 0 saturated carbocycles. The van der Waals surface area contributed by atoms with Gasteiger partial charge in [0.15, 0.2) is 9.84 Å². The zero-order chi connectivity index (χ0) is 25.4. The molecule has 12 heteroatoms. The molecule has 0 fully saturated rings. The van der Waals surface area contributed by atoms with E-state index in [1.165, 1.54) is 49.8 Å². The largest absolute Gasteiger partial charge is 0.495 e. The van der Waals surface area contributed by atoms with Gasteiger partial charge in [-0.3, -0.25) is 9.36 Å². The van der Waals surface area contributed by atoms with Gasteiger partial charge in [-0.05, 0) is 42.3 Å². The minimum atomic E-state index is -4.46. The first-order chi connectivity index (χ1) is 16.5. The molecular weight excluding hydrogens is 492 g/mol. The van der Waals surface area contributed by atoms with Gasteiger partial charge >= 0.3 is 6.18 Å². The fourth-order valence-corrected chi connectivity index (χ4v) is 4.93. The van der Waals surface area contributed by atoms with E-state index in [0.29, 0.717) is 5.39 Å². The molecule has 0 N–H and O–H groups in total. The first-order valence-electron chi connectivity index (χ1n) is 10.2. The summed E-state index contributed by atoms with van der Waals surface area (Å²) in [7, 11) is -2.55. The van der Waals surface area contributed by atoms with Crippen molar-refractivity contribution in [1.82, 2.24) is 9.72 Å². The number of pyridine rings is 1. The van der Waals surface area contributed by atoms with Crippen molar-refractivity contribution in [1.29, 1.82) is 0 Å². The van der Waals surface area contributed by atoms with Gasteiger partial charge in [0.1, 0.15) is 23.6 Å². The molecule has 0 saturated heterocycles. The van der Waals surface area contributed by atoms with Crippen LogP contribution < -0.4 is 10.3 Å². The number of aryl methyl sites for hydroxylation is 1. The second-order valence-corrected chi connectivity index (χ2v) is 9.70. The van der Waals surface area contributed by atoms with Crippen molar-refractivity contribution in [2.75, 3.05) is 7.11 Å². The number of halogens is 4. The van der Waals surface area contributed by atoms with E-state index >= 15 is 0 Å². The van der Waals surface area contributed by atoms with Crippen LogP contribution >= 0.6 is 0 Å². The summed E-state index contributed by atoms with van der Waals surface area (Å²) < 4.78 is 89.1. The Bertz CT molecular complexity index is 1540. The number of rotatable bonds is 7. The Morgan fingerprint density at radius 3 is 2.51 bits per heavy atom. The highest BCUT2D eigenvalue weighted by atomic mass is 32.2. The van der Waals surface area contributed by atoms with Crippen molar-refractivity contribution in [2.24, 2.45) is 0 Å². The van der Waals surface area contributed by atoms with Gasteiger partial charge in [-0.15, -0.1) is 0 Å². The summed E-state index contributed by atoms with van der Waals surface area (Å²) in [5.41, 5.74) is -0.344. The van der Waals surface area contributed by atoms with Crippen molar-refractivity contribution in [3.63, 3.8) is 0 Å². The molecule has 0 aliphatic rings. The fourth-order valence-electron chi connectivity index (χ4n) is 3.65. The van der Waals surface area contributed by atoms with Crippen LogP contribution in [0.5, 0.6) is 5.75 Å². The van der Waals surface area contributed by atoms with Crippen LogP contribution in [-0.2, 0) is 22.0 Å². The van der Waals surface area contributed by atoms with E-state index in [2.05, 4.69) is 9.68 Å². The molecule has 4 aromatic rings. The van der Waals surface area contributed by atoms with Crippen molar-refractivity contribution in [3.8, 4) is 11.4 Å². The quantitative estimate of drug-likeness (QED) is 0.338. The van der Waals surface area contributed by atoms with Crippen molar-refractivity contribution < 1.29 is 35.2 Å². The Morgan fingerprint density at radius 1 is 1.09 bits per heavy atom. The Morgan fingerprint density at radius 2 is 1.86 bits per heavy atom. The van der Waals surface area contributed by atoms with Gasteiger partial charge in [0, 0.05) is 30.0 Å². The second kappa shape index (κ2) is 9.17. The van der Waals surface area contributed by atoms with Gasteiger partial charge in [0.2, 0.25) is 0 Å².